The minimum atomic E-state index is -1.05. The molecule has 80 valence electrons. The highest BCUT2D eigenvalue weighted by molar-refractivity contribution is 5.94. The Labute approximate surface area is 86.3 Å². The van der Waals surface area contributed by atoms with Gasteiger partial charge in [0.2, 0.25) is 11.5 Å². The number of rotatable bonds is 2. The van der Waals surface area contributed by atoms with Crippen LogP contribution in [0.25, 0.3) is 11.1 Å². The van der Waals surface area contributed by atoms with Gasteiger partial charge in [0.1, 0.15) is 0 Å². The Bertz CT molecular complexity index is 536. The SMILES string of the molecule is CCn1nc2oc(C(=O)O)c(C)c2c1C. The first-order chi connectivity index (χ1) is 7.06. The predicted octanol–water partition coefficient (Wildman–Crippen LogP) is 1.96. The van der Waals surface area contributed by atoms with Crippen LogP contribution in [0.1, 0.15) is 28.7 Å². The van der Waals surface area contributed by atoms with Gasteiger partial charge in [-0.2, -0.15) is 0 Å². The number of aryl methyl sites for hydroxylation is 3. The number of carbonyl (C=O) groups is 1. The van der Waals surface area contributed by atoms with E-state index < -0.39 is 5.97 Å². The topological polar surface area (TPSA) is 68.3 Å². The van der Waals surface area contributed by atoms with Crippen molar-refractivity contribution in [2.75, 3.05) is 0 Å². The van der Waals surface area contributed by atoms with E-state index in [9.17, 15) is 4.79 Å². The Kier molecular flexibility index (Phi) is 2.03. The molecule has 0 amide bonds. The fraction of sp³-hybridized carbons (Fsp3) is 0.400. The van der Waals surface area contributed by atoms with Crippen molar-refractivity contribution in [3.8, 4) is 0 Å². The van der Waals surface area contributed by atoms with Gasteiger partial charge in [-0.1, -0.05) is 0 Å². The van der Waals surface area contributed by atoms with E-state index in [1.807, 2.05) is 13.8 Å². The van der Waals surface area contributed by atoms with E-state index in [1.54, 1.807) is 11.6 Å². The van der Waals surface area contributed by atoms with Crippen molar-refractivity contribution in [3.05, 3.63) is 17.0 Å². The number of nitrogens with zero attached hydrogens (tertiary/aromatic N) is 2. The lowest BCUT2D eigenvalue weighted by atomic mass is 10.2. The van der Waals surface area contributed by atoms with Gasteiger partial charge in [-0.15, -0.1) is 5.10 Å². The van der Waals surface area contributed by atoms with E-state index >= 15 is 0 Å². The summed E-state index contributed by atoms with van der Waals surface area (Å²) >= 11 is 0. The van der Waals surface area contributed by atoms with Gasteiger partial charge in [-0.3, -0.25) is 4.68 Å². The second-order valence-electron chi connectivity index (χ2n) is 3.44. The van der Waals surface area contributed by atoms with Gasteiger partial charge >= 0.3 is 5.97 Å². The molecule has 0 fully saturated rings. The molecule has 0 saturated carbocycles. The zero-order valence-electron chi connectivity index (χ0n) is 8.87. The van der Waals surface area contributed by atoms with Crippen LogP contribution in [0.4, 0.5) is 0 Å². The Morgan fingerprint density at radius 2 is 2.20 bits per heavy atom. The molecule has 2 heterocycles. The van der Waals surface area contributed by atoms with Crippen molar-refractivity contribution in [2.24, 2.45) is 0 Å². The highest BCUT2D eigenvalue weighted by Gasteiger charge is 2.21. The van der Waals surface area contributed by atoms with Crippen molar-refractivity contribution < 1.29 is 14.3 Å². The normalized spacial score (nSPS) is 11.1. The number of hydrogen-bond acceptors (Lipinski definition) is 3. The third-order valence-corrected chi connectivity index (χ3v) is 2.58. The summed E-state index contributed by atoms with van der Waals surface area (Å²) in [5.74, 6) is -1.06. The van der Waals surface area contributed by atoms with Gasteiger partial charge < -0.3 is 9.52 Å². The third-order valence-electron chi connectivity index (χ3n) is 2.58. The summed E-state index contributed by atoms with van der Waals surface area (Å²) < 4.78 is 6.99. The maximum Gasteiger partial charge on any atom is 0.372 e. The summed E-state index contributed by atoms with van der Waals surface area (Å²) in [6.45, 7) is 6.38. The van der Waals surface area contributed by atoms with Crippen molar-refractivity contribution in [1.29, 1.82) is 0 Å². The fourth-order valence-corrected chi connectivity index (χ4v) is 1.82. The molecule has 2 aromatic heterocycles. The molecule has 0 unspecified atom stereocenters. The molecule has 0 aliphatic rings. The fourth-order valence-electron chi connectivity index (χ4n) is 1.82. The van der Waals surface area contributed by atoms with E-state index in [0.29, 0.717) is 11.3 Å². The van der Waals surface area contributed by atoms with E-state index in [-0.39, 0.29) is 5.76 Å². The standard InChI is InChI=1S/C10H12N2O3/c1-4-12-6(3)7-5(2)8(10(13)14)15-9(7)11-12/h4H2,1-3H3,(H,13,14). The molecule has 5 heteroatoms. The molecule has 2 rings (SSSR count). The van der Waals surface area contributed by atoms with Crippen molar-refractivity contribution >= 4 is 17.1 Å². The molecule has 0 aromatic carbocycles. The first-order valence-electron chi connectivity index (χ1n) is 4.76. The molecule has 1 N–H and O–H groups in total. The van der Waals surface area contributed by atoms with E-state index in [4.69, 9.17) is 9.52 Å². The van der Waals surface area contributed by atoms with Crippen LogP contribution in [0.3, 0.4) is 0 Å². The van der Waals surface area contributed by atoms with E-state index in [2.05, 4.69) is 5.10 Å². The molecule has 0 bridgehead atoms. The van der Waals surface area contributed by atoms with E-state index in [1.165, 1.54) is 0 Å². The summed E-state index contributed by atoms with van der Waals surface area (Å²) in [5.41, 5.74) is 2.00. The van der Waals surface area contributed by atoms with Gasteiger partial charge in [-0.05, 0) is 20.8 Å². The molecule has 0 aliphatic carbocycles. The lowest BCUT2D eigenvalue weighted by Crippen LogP contribution is -2.00. The van der Waals surface area contributed by atoms with Gasteiger partial charge in [0, 0.05) is 17.8 Å². The maximum absolute atomic E-state index is 10.8. The third kappa shape index (κ3) is 1.23. The molecule has 0 aliphatic heterocycles. The number of aromatic carboxylic acids is 1. The minimum Gasteiger partial charge on any atom is -0.475 e. The van der Waals surface area contributed by atoms with Crippen molar-refractivity contribution in [3.63, 3.8) is 0 Å². The average molecular weight is 208 g/mol. The van der Waals surface area contributed by atoms with Gasteiger partial charge in [0.05, 0.1) is 5.39 Å². The summed E-state index contributed by atoms with van der Waals surface area (Å²) in [7, 11) is 0. The largest absolute Gasteiger partial charge is 0.475 e. The summed E-state index contributed by atoms with van der Waals surface area (Å²) in [6, 6.07) is 0. The Balaban J connectivity index is 2.76. The number of aromatic nitrogens is 2. The molecule has 5 nitrogen and oxygen atoms in total. The van der Waals surface area contributed by atoms with Crippen LogP contribution < -0.4 is 0 Å². The summed E-state index contributed by atoms with van der Waals surface area (Å²) in [5, 5.41) is 13.9. The molecule has 15 heavy (non-hydrogen) atoms. The van der Waals surface area contributed by atoms with Crippen molar-refractivity contribution in [2.45, 2.75) is 27.3 Å². The quantitative estimate of drug-likeness (QED) is 0.819. The Hall–Kier alpha value is -1.78. The highest BCUT2D eigenvalue weighted by atomic mass is 16.4. The van der Waals surface area contributed by atoms with Crippen LogP contribution >= 0.6 is 0 Å². The Morgan fingerprint density at radius 3 is 2.67 bits per heavy atom. The van der Waals surface area contributed by atoms with Crippen LogP contribution in [0.15, 0.2) is 4.42 Å². The number of carboxylic acids is 1. The van der Waals surface area contributed by atoms with Crippen LogP contribution in [-0.2, 0) is 6.54 Å². The first-order valence-corrected chi connectivity index (χ1v) is 4.76. The first kappa shape index (κ1) is 9.76. The van der Waals surface area contributed by atoms with Crippen LogP contribution in [0.5, 0.6) is 0 Å². The Morgan fingerprint density at radius 1 is 1.53 bits per heavy atom. The van der Waals surface area contributed by atoms with Crippen molar-refractivity contribution in [1.82, 2.24) is 9.78 Å². The van der Waals surface area contributed by atoms with Gasteiger partial charge in [-0.25, -0.2) is 4.79 Å². The lowest BCUT2D eigenvalue weighted by molar-refractivity contribution is 0.0663. The minimum absolute atomic E-state index is 0.0150. The summed E-state index contributed by atoms with van der Waals surface area (Å²) in [6.07, 6.45) is 0. The number of carboxylic acid groups (broad SMARTS) is 1. The second-order valence-corrected chi connectivity index (χ2v) is 3.44. The molecule has 0 atom stereocenters. The van der Waals surface area contributed by atoms with Gasteiger partial charge in [0.15, 0.2) is 0 Å². The van der Waals surface area contributed by atoms with Crippen LogP contribution in [0, 0.1) is 13.8 Å². The van der Waals surface area contributed by atoms with Gasteiger partial charge in [0.25, 0.3) is 0 Å². The predicted molar refractivity (Wildman–Crippen MR) is 54.1 cm³/mol. The zero-order valence-corrected chi connectivity index (χ0v) is 8.87. The number of furan rings is 1. The highest BCUT2D eigenvalue weighted by Crippen LogP contribution is 2.27. The number of fused-ring (bicyclic) bond motifs is 1. The summed E-state index contributed by atoms with van der Waals surface area (Å²) in [4.78, 5) is 10.8. The molecular weight excluding hydrogens is 196 g/mol. The number of hydrogen-bond donors (Lipinski definition) is 1. The molecule has 0 radical (unpaired) electrons. The smallest absolute Gasteiger partial charge is 0.372 e. The molecule has 0 saturated heterocycles. The monoisotopic (exact) mass is 208 g/mol. The molecule has 0 spiro atoms. The zero-order chi connectivity index (χ0) is 11.2. The molecular formula is C10H12N2O3. The average Bonchev–Trinajstić information content (AvgIpc) is 2.65. The van der Waals surface area contributed by atoms with E-state index in [0.717, 1.165) is 17.6 Å². The second kappa shape index (κ2) is 3.12. The molecule has 2 aromatic rings. The lowest BCUT2D eigenvalue weighted by Gasteiger charge is -1.98. The van der Waals surface area contributed by atoms with Crippen LogP contribution in [0.2, 0.25) is 0 Å². The maximum atomic E-state index is 10.8. The van der Waals surface area contributed by atoms with Crippen LogP contribution in [-0.4, -0.2) is 20.9 Å².